The average molecular weight is 254 g/mol. The second kappa shape index (κ2) is 6.31. The lowest BCUT2D eigenvalue weighted by molar-refractivity contribution is 0.0746. The van der Waals surface area contributed by atoms with Crippen LogP contribution < -0.4 is 0 Å². The van der Waals surface area contributed by atoms with Gasteiger partial charge in [-0.1, -0.05) is 5.16 Å². The maximum absolute atomic E-state index is 5.57. The number of aromatic nitrogens is 1. The molecule has 1 saturated heterocycles. The molecule has 1 aliphatic heterocycles. The molecule has 0 unspecified atom stereocenters. The van der Waals surface area contributed by atoms with Gasteiger partial charge in [-0.3, -0.25) is 4.90 Å². The van der Waals surface area contributed by atoms with Crippen LogP contribution in [0, 0.1) is 12.8 Å². The minimum atomic E-state index is 0.271. The van der Waals surface area contributed by atoms with Gasteiger partial charge in [-0.15, -0.1) is 0 Å². The zero-order chi connectivity index (χ0) is 13.0. The fourth-order valence-electron chi connectivity index (χ4n) is 2.56. The monoisotopic (exact) mass is 254 g/mol. The summed E-state index contributed by atoms with van der Waals surface area (Å²) in [6.07, 6.45) is 1.16. The SMILES string of the molecule is COCCN1C[C@@H](Cc2cc(C)no2)[C@@H](OC)C1. The quantitative estimate of drug-likeness (QED) is 0.761. The molecule has 2 atom stereocenters. The van der Waals surface area contributed by atoms with Crippen molar-refractivity contribution in [3.63, 3.8) is 0 Å². The Hall–Kier alpha value is -0.910. The van der Waals surface area contributed by atoms with Crippen molar-refractivity contribution in [2.45, 2.75) is 19.4 Å². The Kier molecular flexibility index (Phi) is 4.74. The van der Waals surface area contributed by atoms with Crippen molar-refractivity contribution in [1.82, 2.24) is 10.1 Å². The van der Waals surface area contributed by atoms with E-state index in [0.29, 0.717) is 5.92 Å². The van der Waals surface area contributed by atoms with Gasteiger partial charge in [0.1, 0.15) is 5.76 Å². The van der Waals surface area contributed by atoms with Crippen LogP contribution in [0.5, 0.6) is 0 Å². The van der Waals surface area contributed by atoms with Gasteiger partial charge in [0.15, 0.2) is 0 Å². The first-order chi connectivity index (χ1) is 8.72. The van der Waals surface area contributed by atoms with E-state index in [-0.39, 0.29) is 6.10 Å². The number of hydrogen-bond donors (Lipinski definition) is 0. The van der Waals surface area contributed by atoms with E-state index in [9.17, 15) is 0 Å². The van der Waals surface area contributed by atoms with E-state index in [1.807, 2.05) is 13.0 Å². The van der Waals surface area contributed by atoms with Crippen LogP contribution in [-0.2, 0) is 15.9 Å². The molecule has 0 spiro atoms. The molecule has 0 bridgehead atoms. The van der Waals surface area contributed by atoms with Gasteiger partial charge in [0.2, 0.25) is 0 Å². The van der Waals surface area contributed by atoms with Gasteiger partial charge < -0.3 is 14.0 Å². The fraction of sp³-hybridized carbons (Fsp3) is 0.769. The van der Waals surface area contributed by atoms with Crippen molar-refractivity contribution in [1.29, 1.82) is 0 Å². The number of hydrogen-bond acceptors (Lipinski definition) is 5. The van der Waals surface area contributed by atoms with Gasteiger partial charge in [0.05, 0.1) is 18.4 Å². The third-order valence-electron chi connectivity index (χ3n) is 3.51. The van der Waals surface area contributed by atoms with E-state index < -0.39 is 0 Å². The Morgan fingerprint density at radius 1 is 1.44 bits per heavy atom. The molecular weight excluding hydrogens is 232 g/mol. The molecule has 0 aliphatic carbocycles. The van der Waals surface area contributed by atoms with Gasteiger partial charge in [-0.05, 0) is 6.92 Å². The molecule has 1 aromatic rings. The fourth-order valence-corrected chi connectivity index (χ4v) is 2.56. The zero-order valence-corrected chi connectivity index (χ0v) is 11.4. The summed E-state index contributed by atoms with van der Waals surface area (Å²) in [6.45, 7) is 5.67. The lowest BCUT2D eigenvalue weighted by Gasteiger charge is -2.14. The second-order valence-corrected chi connectivity index (χ2v) is 4.93. The van der Waals surface area contributed by atoms with Gasteiger partial charge in [-0.2, -0.15) is 0 Å². The van der Waals surface area contributed by atoms with E-state index in [4.69, 9.17) is 14.0 Å². The lowest BCUT2D eigenvalue weighted by Crippen LogP contribution is -2.26. The molecule has 102 valence electrons. The van der Waals surface area contributed by atoms with Gasteiger partial charge in [-0.25, -0.2) is 0 Å². The molecule has 18 heavy (non-hydrogen) atoms. The molecule has 1 aromatic heterocycles. The van der Waals surface area contributed by atoms with Crippen molar-refractivity contribution in [3.05, 3.63) is 17.5 Å². The predicted molar refractivity (Wildman–Crippen MR) is 67.5 cm³/mol. The number of nitrogens with zero attached hydrogens (tertiary/aromatic N) is 2. The predicted octanol–water partition coefficient (Wildman–Crippen LogP) is 1.12. The van der Waals surface area contributed by atoms with Crippen molar-refractivity contribution in [3.8, 4) is 0 Å². The third kappa shape index (κ3) is 3.31. The Morgan fingerprint density at radius 2 is 2.28 bits per heavy atom. The summed E-state index contributed by atoms with van der Waals surface area (Å²) in [5, 5.41) is 3.93. The zero-order valence-electron chi connectivity index (χ0n) is 11.4. The van der Waals surface area contributed by atoms with E-state index in [1.54, 1.807) is 14.2 Å². The Balaban J connectivity index is 1.90. The lowest BCUT2D eigenvalue weighted by atomic mass is 10.0. The molecule has 0 amide bonds. The van der Waals surface area contributed by atoms with Crippen LogP contribution in [0.3, 0.4) is 0 Å². The van der Waals surface area contributed by atoms with Gasteiger partial charge in [0, 0.05) is 52.3 Å². The largest absolute Gasteiger partial charge is 0.383 e. The Labute approximate surface area is 108 Å². The number of ether oxygens (including phenoxy) is 2. The summed E-state index contributed by atoms with van der Waals surface area (Å²) in [5.74, 6) is 1.42. The molecular formula is C13H22N2O3. The first kappa shape index (κ1) is 13.5. The minimum Gasteiger partial charge on any atom is -0.383 e. The molecule has 1 aliphatic rings. The molecule has 5 nitrogen and oxygen atoms in total. The van der Waals surface area contributed by atoms with Crippen LogP contribution in [0.1, 0.15) is 11.5 Å². The van der Waals surface area contributed by atoms with E-state index >= 15 is 0 Å². The van der Waals surface area contributed by atoms with Crippen LogP contribution in [-0.4, -0.2) is 56.6 Å². The van der Waals surface area contributed by atoms with E-state index in [2.05, 4.69) is 10.1 Å². The summed E-state index contributed by atoms with van der Waals surface area (Å²) in [6, 6.07) is 2.00. The number of aryl methyl sites for hydroxylation is 1. The molecule has 1 fully saturated rings. The highest BCUT2D eigenvalue weighted by Gasteiger charge is 2.33. The second-order valence-electron chi connectivity index (χ2n) is 4.93. The highest BCUT2D eigenvalue weighted by molar-refractivity contribution is 5.05. The first-order valence-electron chi connectivity index (χ1n) is 6.39. The van der Waals surface area contributed by atoms with Crippen molar-refractivity contribution in [2.24, 2.45) is 5.92 Å². The average Bonchev–Trinajstić information content (AvgIpc) is 2.94. The summed E-state index contributed by atoms with van der Waals surface area (Å²) < 4.78 is 16.0. The molecule has 2 rings (SSSR count). The topological polar surface area (TPSA) is 47.7 Å². The first-order valence-corrected chi connectivity index (χ1v) is 6.39. The highest BCUT2D eigenvalue weighted by Crippen LogP contribution is 2.23. The summed E-state index contributed by atoms with van der Waals surface area (Å²) >= 11 is 0. The Morgan fingerprint density at radius 3 is 2.89 bits per heavy atom. The van der Waals surface area contributed by atoms with Crippen molar-refractivity contribution >= 4 is 0 Å². The van der Waals surface area contributed by atoms with Crippen LogP contribution in [0.15, 0.2) is 10.6 Å². The van der Waals surface area contributed by atoms with E-state index in [0.717, 1.165) is 44.1 Å². The van der Waals surface area contributed by atoms with Crippen LogP contribution in [0.4, 0.5) is 0 Å². The Bertz CT molecular complexity index is 367. The molecule has 2 heterocycles. The summed E-state index contributed by atoms with van der Waals surface area (Å²) in [7, 11) is 3.52. The summed E-state index contributed by atoms with van der Waals surface area (Å²) in [5.41, 5.74) is 0.938. The third-order valence-corrected chi connectivity index (χ3v) is 3.51. The molecule has 0 radical (unpaired) electrons. The number of rotatable bonds is 6. The minimum absolute atomic E-state index is 0.271. The maximum Gasteiger partial charge on any atom is 0.137 e. The number of methoxy groups -OCH3 is 2. The maximum atomic E-state index is 5.57. The van der Waals surface area contributed by atoms with Crippen LogP contribution >= 0.6 is 0 Å². The highest BCUT2D eigenvalue weighted by atomic mass is 16.5. The van der Waals surface area contributed by atoms with E-state index in [1.165, 1.54) is 0 Å². The molecule has 0 aromatic carbocycles. The molecule has 0 saturated carbocycles. The number of likely N-dealkylation sites (tertiary alicyclic amines) is 1. The van der Waals surface area contributed by atoms with Crippen molar-refractivity contribution < 1.29 is 14.0 Å². The smallest absolute Gasteiger partial charge is 0.137 e. The van der Waals surface area contributed by atoms with Crippen LogP contribution in [0.2, 0.25) is 0 Å². The molecule has 5 heteroatoms. The van der Waals surface area contributed by atoms with Crippen molar-refractivity contribution in [2.75, 3.05) is 40.5 Å². The molecule has 0 N–H and O–H groups in total. The normalized spacial score (nSPS) is 24.8. The van der Waals surface area contributed by atoms with Gasteiger partial charge in [0.25, 0.3) is 0 Å². The van der Waals surface area contributed by atoms with Crippen LogP contribution in [0.25, 0.3) is 0 Å². The standard InChI is InChI=1S/C13H22N2O3/c1-10-6-12(18-14-10)7-11-8-15(4-5-16-2)9-13(11)17-3/h6,11,13H,4-5,7-9H2,1-3H3/t11-,13+/m1/s1. The van der Waals surface area contributed by atoms with Gasteiger partial charge >= 0.3 is 0 Å². The summed E-state index contributed by atoms with van der Waals surface area (Å²) in [4.78, 5) is 2.38.